The van der Waals surface area contributed by atoms with Crippen molar-refractivity contribution < 1.29 is 47.0 Å². The average Bonchev–Trinajstić information content (AvgIpc) is 3.57. The van der Waals surface area contributed by atoms with Crippen molar-refractivity contribution in [1.82, 2.24) is 9.78 Å². The molecule has 0 aliphatic carbocycles. The smallest absolute Gasteiger partial charge is 0.356 e. The lowest BCUT2D eigenvalue weighted by molar-refractivity contribution is -0.436. The first-order chi connectivity index (χ1) is 29.6. The first kappa shape index (κ1) is 43.6. The standard InChI is InChI=1S/C49H52F2N2O8/c1-33(2)53-34(3)40(27-41-42(50)25-39(55-4)26-43(41)51)48(52-53)61-49(54)47(59-31-38-23-15-8-16-24-38)46(58-30-37-21-13-7-14-22-37)45(57-29-36-19-11-6-12-20-36)44(60-49)32-56-28-35-17-9-5-10-18-35/h5-26,33,44-47,54H,27-32H2,1-4H3/t44-,45-,46+,47-,49-/m1/s1. The van der Waals surface area contributed by atoms with E-state index in [1.54, 1.807) is 11.6 Å². The first-order valence-electron chi connectivity index (χ1n) is 20.4. The summed E-state index contributed by atoms with van der Waals surface area (Å²) >= 11 is 0. The lowest BCUT2D eigenvalue weighted by atomic mass is 9.96. The van der Waals surface area contributed by atoms with Crippen LogP contribution in [0.5, 0.6) is 11.6 Å². The monoisotopic (exact) mass is 834 g/mol. The van der Waals surface area contributed by atoms with Crippen molar-refractivity contribution in [3.05, 3.63) is 184 Å². The number of hydrogen-bond acceptors (Lipinski definition) is 9. The lowest BCUT2D eigenvalue weighted by Crippen LogP contribution is -2.69. The van der Waals surface area contributed by atoms with E-state index in [1.807, 2.05) is 135 Å². The van der Waals surface area contributed by atoms with Gasteiger partial charge in [-0.2, -0.15) is 0 Å². The van der Waals surface area contributed by atoms with Gasteiger partial charge in [-0.3, -0.25) is 4.68 Å². The summed E-state index contributed by atoms with van der Waals surface area (Å²) in [6.45, 7) is 6.15. The zero-order valence-electron chi connectivity index (χ0n) is 34.8. The Morgan fingerprint density at radius 1 is 0.689 bits per heavy atom. The van der Waals surface area contributed by atoms with Gasteiger partial charge in [0.05, 0.1) is 40.1 Å². The zero-order valence-corrected chi connectivity index (χ0v) is 34.8. The highest BCUT2D eigenvalue weighted by Crippen LogP contribution is 2.39. The molecule has 61 heavy (non-hydrogen) atoms. The third kappa shape index (κ3) is 10.9. The predicted octanol–water partition coefficient (Wildman–Crippen LogP) is 9.05. The molecule has 6 aromatic rings. The van der Waals surface area contributed by atoms with Crippen LogP contribution in [-0.4, -0.2) is 59.0 Å². The summed E-state index contributed by atoms with van der Waals surface area (Å²) < 4.78 is 77.6. The van der Waals surface area contributed by atoms with Crippen molar-refractivity contribution in [1.29, 1.82) is 0 Å². The Morgan fingerprint density at radius 3 is 1.66 bits per heavy atom. The molecule has 1 aromatic heterocycles. The summed E-state index contributed by atoms with van der Waals surface area (Å²) in [6.07, 6.45) is -4.55. The maximum absolute atomic E-state index is 15.6. The van der Waals surface area contributed by atoms with E-state index >= 15 is 8.78 Å². The van der Waals surface area contributed by atoms with Gasteiger partial charge < -0.3 is 38.3 Å². The molecule has 12 heteroatoms. The van der Waals surface area contributed by atoms with E-state index in [0.717, 1.165) is 34.4 Å². The Morgan fingerprint density at radius 2 is 1.16 bits per heavy atom. The van der Waals surface area contributed by atoms with Crippen LogP contribution < -0.4 is 9.47 Å². The molecule has 5 aromatic carbocycles. The number of ether oxygens (including phenoxy) is 7. The van der Waals surface area contributed by atoms with Gasteiger partial charge >= 0.3 is 5.97 Å². The Labute approximate surface area is 355 Å². The van der Waals surface area contributed by atoms with Crippen LogP contribution in [0, 0.1) is 18.6 Å². The normalized spacial score (nSPS) is 20.2. The largest absolute Gasteiger partial charge is 0.497 e. The number of aromatic nitrogens is 2. The number of aliphatic hydroxyl groups is 1. The molecule has 2 heterocycles. The van der Waals surface area contributed by atoms with Gasteiger partial charge in [0.1, 0.15) is 35.7 Å². The van der Waals surface area contributed by atoms with Crippen molar-refractivity contribution in [3.8, 4) is 11.6 Å². The van der Waals surface area contributed by atoms with E-state index in [0.29, 0.717) is 11.3 Å². The zero-order chi connectivity index (χ0) is 42.8. The molecule has 1 aliphatic rings. The molecule has 1 saturated heterocycles. The quantitative estimate of drug-likeness (QED) is 0.0802. The van der Waals surface area contributed by atoms with Crippen molar-refractivity contribution in [2.45, 2.75) is 90.1 Å². The summed E-state index contributed by atoms with van der Waals surface area (Å²) in [4.78, 5) is 0. The van der Waals surface area contributed by atoms with Crippen LogP contribution in [0.2, 0.25) is 0 Å². The Bertz CT molecular complexity index is 2260. The minimum atomic E-state index is -2.61. The molecule has 0 saturated carbocycles. The Balaban J connectivity index is 1.31. The SMILES string of the molecule is COc1cc(F)c(Cc2c(O[C@]3(O)O[C@H](COCc4ccccc4)[C@@H](OCc4ccccc4)[C@H](OCc4ccccc4)[C@H]3OCc3ccccc3)nn(C(C)C)c2C)c(F)c1. The van der Waals surface area contributed by atoms with Crippen molar-refractivity contribution in [2.75, 3.05) is 13.7 Å². The molecule has 7 rings (SSSR count). The summed E-state index contributed by atoms with van der Waals surface area (Å²) in [6, 6.07) is 40.5. The molecule has 320 valence electrons. The van der Waals surface area contributed by atoms with Crippen molar-refractivity contribution >= 4 is 0 Å². The van der Waals surface area contributed by atoms with Crippen LogP contribution in [0.1, 0.15) is 59.0 Å². The van der Waals surface area contributed by atoms with Crippen LogP contribution >= 0.6 is 0 Å². The van der Waals surface area contributed by atoms with E-state index in [4.69, 9.17) is 38.3 Å². The highest BCUT2D eigenvalue weighted by molar-refractivity contribution is 5.40. The number of rotatable bonds is 19. The van der Waals surface area contributed by atoms with Crippen molar-refractivity contribution in [2.24, 2.45) is 0 Å². The highest BCUT2D eigenvalue weighted by atomic mass is 19.1. The first-order valence-corrected chi connectivity index (χ1v) is 20.4. The van der Waals surface area contributed by atoms with Gasteiger partial charge in [0.15, 0.2) is 6.10 Å². The molecule has 0 radical (unpaired) electrons. The number of hydrogen-bond donors (Lipinski definition) is 1. The molecule has 1 N–H and O–H groups in total. The summed E-state index contributed by atoms with van der Waals surface area (Å²) in [5, 5.41) is 17.8. The molecule has 0 bridgehead atoms. The number of nitrogens with zero attached hydrogens (tertiary/aromatic N) is 2. The molecule has 0 amide bonds. The van der Waals surface area contributed by atoms with Gasteiger partial charge in [-0.25, -0.2) is 8.78 Å². The second-order valence-electron chi connectivity index (χ2n) is 15.3. The van der Waals surface area contributed by atoms with Gasteiger partial charge in [0.2, 0.25) is 5.88 Å². The summed E-state index contributed by atoms with van der Waals surface area (Å²) in [5.41, 5.74) is 4.20. The second kappa shape index (κ2) is 20.4. The van der Waals surface area contributed by atoms with Crippen LogP contribution in [-0.2, 0) is 56.5 Å². The van der Waals surface area contributed by atoms with Gasteiger partial charge in [0.25, 0.3) is 0 Å². The fraction of sp³-hybridized carbons (Fsp3) is 0.327. The summed E-state index contributed by atoms with van der Waals surface area (Å²) in [5.74, 6) is -4.29. The van der Waals surface area contributed by atoms with E-state index in [9.17, 15) is 5.11 Å². The second-order valence-corrected chi connectivity index (χ2v) is 15.3. The fourth-order valence-electron chi connectivity index (χ4n) is 7.40. The number of methoxy groups -OCH3 is 1. The highest BCUT2D eigenvalue weighted by Gasteiger charge is 2.59. The Kier molecular flexibility index (Phi) is 14.6. The molecule has 0 spiro atoms. The fourth-order valence-corrected chi connectivity index (χ4v) is 7.40. The van der Waals surface area contributed by atoms with E-state index < -0.39 is 42.0 Å². The van der Waals surface area contributed by atoms with Crippen LogP contribution in [0.4, 0.5) is 8.78 Å². The average molecular weight is 835 g/mol. The van der Waals surface area contributed by atoms with Crippen LogP contribution in [0.25, 0.3) is 0 Å². The van der Waals surface area contributed by atoms with E-state index in [1.165, 1.54) is 7.11 Å². The maximum Gasteiger partial charge on any atom is 0.356 e. The lowest BCUT2D eigenvalue weighted by Gasteiger charge is -2.49. The van der Waals surface area contributed by atoms with Gasteiger partial charge in [-0.15, -0.1) is 5.10 Å². The van der Waals surface area contributed by atoms with E-state index in [2.05, 4.69) is 0 Å². The third-order valence-corrected chi connectivity index (χ3v) is 10.6. The molecule has 1 fully saturated rings. The topological polar surface area (TPSA) is 103 Å². The van der Waals surface area contributed by atoms with Crippen LogP contribution in [0.15, 0.2) is 133 Å². The maximum atomic E-state index is 15.6. The summed E-state index contributed by atoms with van der Waals surface area (Å²) in [7, 11) is 1.34. The Hall–Kier alpha value is -5.47. The molecule has 1 aliphatic heterocycles. The minimum Gasteiger partial charge on any atom is -0.497 e. The van der Waals surface area contributed by atoms with E-state index in [-0.39, 0.29) is 62.7 Å². The molecule has 5 atom stereocenters. The molecule has 10 nitrogen and oxygen atoms in total. The van der Waals surface area contributed by atoms with Crippen molar-refractivity contribution in [3.63, 3.8) is 0 Å². The van der Waals surface area contributed by atoms with Gasteiger partial charge in [0, 0.05) is 41.4 Å². The van der Waals surface area contributed by atoms with Gasteiger partial charge in [-0.1, -0.05) is 121 Å². The minimum absolute atomic E-state index is 0.0287. The third-order valence-electron chi connectivity index (χ3n) is 10.6. The molecule has 0 unspecified atom stereocenters. The predicted molar refractivity (Wildman–Crippen MR) is 225 cm³/mol. The van der Waals surface area contributed by atoms with Gasteiger partial charge in [-0.05, 0) is 43.0 Å². The molecular weight excluding hydrogens is 783 g/mol. The number of halogens is 2. The van der Waals surface area contributed by atoms with Crippen LogP contribution in [0.3, 0.4) is 0 Å². The number of benzene rings is 5. The molecular formula is C49H52F2N2O8.